The molecule has 0 unspecified atom stereocenters. The summed E-state index contributed by atoms with van der Waals surface area (Å²) in [5, 5.41) is 10.4. The molecule has 7 heteroatoms. The smallest absolute Gasteiger partial charge is 0.340 e. The molecule has 1 aromatic rings. The SMILES string of the molecule is COC(=O)CC#Cc1cc(C=O)sc1[N+](=O)[O-]. The highest BCUT2D eigenvalue weighted by Gasteiger charge is 2.17. The van der Waals surface area contributed by atoms with Gasteiger partial charge in [-0.1, -0.05) is 23.2 Å². The van der Waals surface area contributed by atoms with E-state index in [4.69, 9.17) is 0 Å². The molecule has 1 heterocycles. The molecule has 0 amide bonds. The molecule has 6 nitrogen and oxygen atoms in total. The summed E-state index contributed by atoms with van der Waals surface area (Å²) in [6, 6.07) is 1.32. The van der Waals surface area contributed by atoms with Gasteiger partial charge in [0.05, 0.1) is 16.9 Å². The fourth-order valence-electron chi connectivity index (χ4n) is 0.967. The second kappa shape index (κ2) is 5.77. The van der Waals surface area contributed by atoms with Gasteiger partial charge in [0, 0.05) is 0 Å². The van der Waals surface area contributed by atoms with Gasteiger partial charge >= 0.3 is 11.0 Å². The Hall–Kier alpha value is -2.20. The highest BCUT2D eigenvalue weighted by atomic mass is 32.1. The molecule has 0 aliphatic rings. The van der Waals surface area contributed by atoms with E-state index in [2.05, 4.69) is 16.6 Å². The molecule has 17 heavy (non-hydrogen) atoms. The van der Waals surface area contributed by atoms with Crippen molar-refractivity contribution in [2.75, 3.05) is 7.11 Å². The van der Waals surface area contributed by atoms with Gasteiger partial charge in [-0.2, -0.15) is 0 Å². The van der Waals surface area contributed by atoms with Gasteiger partial charge in [0.15, 0.2) is 6.29 Å². The van der Waals surface area contributed by atoms with Gasteiger partial charge in [0.1, 0.15) is 12.0 Å². The van der Waals surface area contributed by atoms with E-state index < -0.39 is 10.9 Å². The molecule has 0 N–H and O–H groups in total. The molecule has 1 rings (SSSR count). The van der Waals surface area contributed by atoms with Gasteiger partial charge in [-0.15, -0.1) is 0 Å². The first-order valence-electron chi connectivity index (χ1n) is 4.37. The van der Waals surface area contributed by atoms with Crippen LogP contribution in [0.1, 0.15) is 21.7 Å². The lowest BCUT2D eigenvalue weighted by Gasteiger charge is -1.89. The summed E-state index contributed by atoms with van der Waals surface area (Å²) in [4.78, 5) is 31.5. The minimum absolute atomic E-state index is 0.131. The number of rotatable bonds is 3. The third-order valence-electron chi connectivity index (χ3n) is 1.70. The first kappa shape index (κ1) is 12.9. The Morgan fingerprint density at radius 2 is 2.41 bits per heavy atom. The van der Waals surface area contributed by atoms with Gasteiger partial charge in [-0.05, 0) is 6.07 Å². The number of carbonyl (C=O) groups is 2. The fraction of sp³-hybridized carbons (Fsp3) is 0.200. The van der Waals surface area contributed by atoms with E-state index in [0.717, 1.165) is 11.3 Å². The van der Waals surface area contributed by atoms with E-state index in [9.17, 15) is 19.7 Å². The van der Waals surface area contributed by atoms with E-state index in [1.54, 1.807) is 0 Å². The Balaban J connectivity index is 2.96. The van der Waals surface area contributed by atoms with E-state index in [0.29, 0.717) is 6.29 Å². The molecule has 0 bridgehead atoms. The van der Waals surface area contributed by atoms with Gasteiger partial charge < -0.3 is 4.74 Å². The lowest BCUT2D eigenvalue weighted by Crippen LogP contribution is -1.97. The van der Waals surface area contributed by atoms with E-state index in [1.165, 1.54) is 13.2 Å². The number of hydrogen-bond donors (Lipinski definition) is 0. The molecular formula is C10H7NO5S. The van der Waals surface area contributed by atoms with Crippen LogP contribution in [-0.4, -0.2) is 24.3 Å². The summed E-state index contributed by atoms with van der Waals surface area (Å²) in [5.41, 5.74) is 0.131. The quantitative estimate of drug-likeness (QED) is 0.267. The fourth-order valence-corrected chi connectivity index (χ4v) is 1.71. The Morgan fingerprint density at radius 3 is 2.94 bits per heavy atom. The number of nitrogens with zero attached hydrogens (tertiary/aromatic N) is 1. The van der Waals surface area contributed by atoms with Crippen LogP contribution in [0.25, 0.3) is 0 Å². The monoisotopic (exact) mass is 253 g/mol. The average Bonchev–Trinajstić information content (AvgIpc) is 2.72. The maximum absolute atomic E-state index is 10.8. The molecular weight excluding hydrogens is 246 g/mol. The molecule has 0 saturated carbocycles. The summed E-state index contributed by atoms with van der Waals surface area (Å²) in [6.07, 6.45) is 0.364. The van der Waals surface area contributed by atoms with E-state index in [1.807, 2.05) is 0 Å². The molecule has 0 aliphatic heterocycles. The summed E-state index contributed by atoms with van der Waals surface area (Å²) in [7, 11) is 1.22. The highest BCUT2D eigenvalue weighted by Crippen LogP contribution is 2.28. The summed E-state index contributed by atoms with van der Waals surface area (Å²) >= 11 is 0.746. The van der Waals surface area contributed by atoms with Crippen molar-refractivity contribution in [3.8, 4) is 11.8 Å². The minimum Gasteiger partial charge on any atom is -0.468 e. The van der Waals surface area contributed by atoms with Crippen molar-refractivity contribution < 1.29 is 19.2 Å². The van der Waals surface area contributed by atoms with Crippen LogP contribution in [0.3, 0.4) is 0 Å². The van der Waals surface area contributed by atoms with E-state index in [-0.39, 0.29) is 21.9 Å². The van der Waals surface area contributed by atoms with Crippen molar-refractivity contribution in [2.24, 2.45) is 0 Å². The maximum atomic E-state index is 10.8. The lowest BCUT2D eigenvalue weighted by molar-refractivity contribution is -0.380. The average molecular weight is 253 g/mol. The van der Waals surface area contributed by atoms with Crippen molar-refractivity contribution in [1.29, 1.82) is 0 Å². The van der Waals surface area contributed by atoms with Crippen LogP contribution >= 0.6 is 11.3 Å². The third-order valence-corrected chi connectivity index (χ3v) is 2.71. The number of esters is 1. The number of methoxy groups -OCH3 is 1. The van der Waals surface area contributed by atoms with Crippen LogP contribution in [0.2, 0.25) is 0 Å². The Labute approximate surface area is 100 Å². The molecule has 88 valence electrons. The van der Waals surface area contributed by atoms with Gasteiger partial charge in [-0.25, -0.2) is 0 Å². The molecule has 0 spiro atoms. The summed E-state index contributed by atoms with van der Waals surface area (Å²) in [6.45, 7) is 0. The standard InChI is InChI=1S/C10H7NO5S/c1-16-9(13)4-2-3-7-5-8(6-12)17-10(7)11(14)15/h5-6H,4H2,1H3. The van der Waals surface area contributed by atoms with Gasteiger partial charge in [-0.3, -0.25) is 19.7 Å². The number of thiophene rings is 1. The van der Waals surface area contributed by atoms with Gasteiger partial charge in [0.2, 0.25) is 0 Å². The Kier molecular flexibility index (Phi) is 4.37. The van der Waals surface area contributed by atoms with Crippen molar-refractivity contribution >= 4 is 28.6 Å². The van der Waals surface area contributed by atoms with Gasteiger partial charge in [0.25, 0.3) is 0 Å². The minimum atomic E-state index is -0.611. The van der Waals surface area contributed by atoms with Crippen LogP contribution in [0.5, 0.6) is 0 Å². The summed E-state index contributed by atoms with van der Waals surface area (Å²) < 4.78 is 4.36. The molecule has 0 atom stereocenters. The highest BCUT2D eigenvalue weighted by molar-refractivity contribution is 7.17. The molecule has 0 fully saturated rings. The van der Waals surface area contributed by atoms with Crippen LogP contribution in [0, 0.1) is 22.0 Å². The number of aldehydes is 1. The number of ether oxygens (including phenoxy) is 1. The van der Waals surface area contributed by atoms with Crippen LogP contribution < -0.4 is 0 Å². The van der Waals surface area contributed by atoms with Crippen LogP contribution in [0.4, 0.5) is 5.00 Å². The van der Waals surface area contributed by atoms with Crippen LogP contribution in [0.15, 0.2) is 6.07 Å². The lowest BCUT2D eigenvalue weighted by atomic mass is 10.3. The van der Waals surface area contributed by atoms with Crippen molar-refractivity contribution in [3.05, 3.63) is 26.6 Å². The second-order valence-electron chi connectivity index (χ2n) is 2.80. The molecule has 0 aliphatic carbocycles. The van der Waals surface area contributed by atoms with Crippen molar-refractivity contribution in [1.82, 2.24) is 0 Å². The second-order valence-corrected chi connectivity index (χ2v) is 3.86. The largest absolute Gasteiger partial charge is 0.468 e. The Bertz CT molecular complexity index is 523. The maximum Gasteiger partial charge on any atom is 0.340 e. The molecule has 0 saturated heterocycles. The van der Waals surface area contributed by atoms with Crippen molar-refractivity contribution in [2.45, 2.75) is 6.42 Å². The first-order valence-corrected chi connectivity index (χ1v) is 5.19. The third kappa shape index (κ3) is 3.39. The van der Waals surface area contributed by atoms with Crippen molar-refractivity contribution in [3.63, 3.8) is 0 Å². The number of nitro groups is 1. The first-order chi connectivity index (χ1) is 8.08. The zero-order chi connectivity index (χ0) is 12.8. The van der Waals surface area contributed by atoms with Crippen LogP contribution in [-0.2, 0) is 9.53 Å². The predicted octanol–water partition coefficient (Wildman–Crippen LogP) is 1.38. The van der Waals surface area contributed by atoms with E-state index >= 15 is 0 Å². The predicted molar refractivity (Wildman–Crippen MR) is 59.9 cm³/mol. The molecule has 1 aromatic heterocycles. The molecule has 0 aromatic carbocycles. The number of hydrogen-bond acceptors (Lipinski definition) is 6. The summed E-state index contributed by atoms with van der Waals surface area (Å²) in [5.74, 6) is 4.40. The normalized spacial score (nSPS) is 9.00. The zero-order valence-electron chi connectivity index (χ0n) is 8.76. The topological polar surface area (TPSA) is 86.5 Å². The Morgan fingerprint density at radius 1 is 1.71 bits per heavy atom. The molecule has 0 radical (unpaired) electrons. The zero-order valence-corrected chi connectivity index (χ0v) is 9.58. The number of carbonyl (C=O) groups excluding carboxylic acids is 2.